The van der Waals surface area contributed by atoms with E-state index < -0.39 is 0 Å². The van der Waals surface area contributed by atoms with E-state index in [0.717, 1.165) is 17.8 Å². The third kappa shape index (κ3) is 1.60. The zero-order valence-corrected chi connectivity index (χ0v) is 7.31. The van der Waals surface area contributed by atoms with Gasteiger partial charge in [0.05, 0.1) is 0 Å². The summed E-state index contributed by atoms with van der Waals surface area (Å²) in [6, 6.07) is 0. The Morgan fingerprint density at radius 1 is 1.55 bits per heavy atom. The average molecular weight is 172 g/mol. The Bertz CT molecular complexity index is 249. The Hall–Kier alpha value is -0.830. The number of hydrogen-bond donors (Lipinski definition) is 1. The van der Waals surface area contributed by atoms with E-state index in [1.165, 1.54) is 6.33 Å². The largest absolute Gasteiger partial charge is 0.373 e. The number of nitrogens with one attached hydrogen (secondary N) is 1. The first-order valence-corrected chi connectivity index (χ1v) is 3.84. The van der Waals surface area contributed by atoms with Gasteiger partial charge in [-0.15, -0.1) is 0 Å². The van der Waals surface area contributed by atoms with Crippen molar-refractivity contribution in [3.63, 3.8) is 0 Å². The van der Waals surface area contributed by atoms with Gasteiger partial charge in [-0.1, -0.05) is 18.5 Å². The average Bonchev–Trinajstić information content (AvgIpc) is 2.04. The number of hydrogen-bond acceptors (Lipinski definition) is 3. The molecule has 1 heterocycles. The van der Waals surface area contributed by atoms with Crippen molar-refractivity contribution >= 4 is 17.4 Å². The van der Waals surface area contributed by atoms with Crippen molar-refractivity contribution in [2.24, 2.45) is 0 Å². The van der Waals surface area contributed by atoms with Crippen molar-refractivity contribution in [3.05, 3.63) is 17.0 Å². The number of halogens is 1. The van der Waals surface area contributed by atoms with E-state index in [9.17, 15) is 0 Å². The second kappa shape index (κ2) is 3.53. The second-order valence-electron chi connectivity index (χ2n) is 2.10. The maximum absolute atomic E-state index is 5.82. The smallest absolute Gasteiger partial charge is 0.137 e. The molecule has 1 rings (SSSR count). The molecule has 11 heavy (non-hydrogen) atoms. The highest BCUT2D eigenvalue weighted by Crippen LogP contribution is 2.18. The fourth-order valence-electron chi connectivity index (χ4n) is 0.920. The van der Waals surface area contributed by atoms with Crippen LogP contribution in [0.5, 0.6) is 0 Å². The van der Waals surface area contributed by atoms with E-state index in [2.05, 4.69) is 15.3 Å². The van der Waals surface area contributed by atoms with Gasteiger partial charge in [0.15, 0.2) is 0 Å². The van der Waals surface area contributed by atoms with E-state index in [4.69, 9.17) is 11.6 Å². The zero-order chi connectivity index (χ0) is 8.27. The van der Waals surface area contributed by atoms with Crippen LogP contribution in [-0.4, -0.2) is 17.0 Å². The minimum atomic E-state index is 0.534. The van der Waals surface area contributed by atoms with Crippen molar-refractivity contribution < 1.29 is 0 Å². The van der Waals surface area contributed by atoms with Crippen molar-refractivity contribution in [1.29, 1.82) is 0 Å². The molecular formula is C7H10ClN3. The monoisotopic (exact) mass is 171 g/mol. The first kappa shape index (κ1) is 8.27. The van der Waals surface area contributed by atoms with Gasteiger partial charge in [-0.2, -0.15) is 0 Å². The molecule has 0 aliphatic heterocycles. The Balaban J connectivity index is 3.13. The maximum atomic E-state index is 5.82. The van der Waals surface area contributed by atoms with Crippen molar-refractivity contribution in [1.82, 2.24) is 9.97 Å². The van der Waals surface area contributed by atoms with E-state index in [-0.39, 0.29) is 0 Å². The fraction of sp³-hybridized carbons (Fsp3) is 0.429. The molecule has 1 N–H and O–H groups in total. The molecule has 1 aromatic rings. The van der Waals surface area contributed by atoms with Crippen LogP contribution in [-0.2, 0) is 6.42 Å². The van der Waals surface area contributed by atoms with Crippen LogP contribution < -0.4 is 5.32 Å². The Labute approximate surface area is 70.8 Å². The van der Waals surface area contributed by atoms with Crippen LogP contribution in [0, 0.1) is 0 Å². The molecule has 60 valence electrons. The highest BCUT2D eigenvalue weighted by molar-refractivity contribution is 6.30. The first-order valence-electron chi connectivity index (χ1n) is 3.46. The highest BCUT2D eigenvalue weighted by atomic mass is 35.5. The summed E-state index contributed by atoms with van der Waals surface area (Å²) in [6.45, 7) is 2.02. The summed E-state index contributed by atoms with van der Waals surface area (Å²) in [6.07, 6.45) is 2.29. The molecule has 0 amide bonds. The second-order valence-corrected chi connectivity index (χ2v) is 2.45. The summed E-state index contributed by atoms with van der Waals surface area (Å²) in [5.74, 6) is 0.813. The number of aromatic nitrogens is 2. The van der Waals surface area contributed by atoms with Gasteiger partial charge in [0.2, 0.25) is 0 Å². The Morgan fingerprint density at radius 3 is 2.73 bits per heavy atom. The fourth-order valence-corrected chi connectivity index (χ4v) is 1.19. The minimum absolute atomic E-state index is 0.534. The lowest BCUT2D eigenvalue weighted by molar-refractivity contribution is 1.04. The third-order valence-corrected chi connectivity index (χ3v) is 1.81. The molecule has 0 aliphatic carbocycles. The summed E-state index contributed by atoms with van der Waals surface area (Å²) < 4.78 is 0. The standard InChI is InChI=1S/C7H10ClN3/c1-3-5-6(8)10-4-11-7(5)9-2/h4H,3H2,1-2H3,(H,9,10,11). The predicted octanol–water partition coefficient (Wildman–Crippen LogP) is 1.73. The van der Waals surface area contributed by atoms with Crippen LogP contribution in [0.1, 0.15) is 12.5 Å². The molecule has 0 radical (unpaired) electrons. The van der Waals surface area contributed by atoms with Crippen LogP contribution in [0.15, 0.2) is 6.33 Å². The van der Waals surface area contributed by atoms with Gasteiger partial charge in [0.25, 0.3) is 0 Å². The van der Waals surface area contributed by atoms with Gasteiger partial charge in [0, 0.05) is 12.6 Å². The lowest BCUT2D eigenvalue weighted by atomic mass is 10.2. The van der Waals surface area contributed by atoms with Crippen LogP contribution in [0.3, 0.4) is 0 Å². The molecule has 0 atom stereocenters. The van der Waals surface area contributed by atoms with Gasteiger partial charge < -0.3 is 5.32 Å². The summed E-state index contributed by atoms with van der Waals surface area (Å²) in [5.41, 5.74) is 0.969. The van der Waals surface area contributed by atoms with Crippen molar-refractivity contribution in [2.45, 2.75) is 13.3 Å². The van der Waals surface area contributed by atoms with Crippen LogP contribution >= 0.6 is 11.6 Å². The lowest BCUT2D eigenvalue weighted by Gasteiger charge is -2.05. The quantitative estimate of drug-likeness (QED) is 0.689. The molecule has 4 heteroatoms. The summed E-state index contributed by atoms with van der Waals surface area (Å²) in [5, 5.41) is 3.49. The molecule has 0 saturated carbocycles. The van der Waals surface area contributed by atoms with Crippen molar-refractivity contribution in [3.8, 4) is 0 Å². The lowest BCUT2D eigenvalue weighted by Crippen LogP contribution is -1.99. The molecule has 0 aromatic carbocycles. The van der Waals surface area contributed by atoms with E-state index in [0.29, 0.717) is 5.15 Å². The Morgan fingerprint density at radius 2 is 2.27 bits per heavy atom. The molecular weight excluding hydrogens is 162 g/mol. The van der Waals surface area contributed by atoms with Crippen LogP contribution in [0.4, 0.5) is 5.82 Å². The predicted molar refractivity (Wildman–Crippen MR) is 46.0 cm³/mol. The molecule has 0 unspecified atom stereocenters. The molecule has 0 fully saturated rings. The minimum Gasteiger partial charge on any atom is -0.373 e. The van der Waals surface area contributed by atoms with Crippen LogP contribution in [0.25, 0.3) is 0 Å². The molecule has 0 spiro atoms. The van der Waals surface area contributed by atoms with E-state index >= 15 is 0 Å². The van der Waals surface area contributed by atoms with Crippen LogP contribution in [0.2, 0.25) is 5.15 Å². The van der Waals surface area contributed by atoms with Gasteiger partial charge in [-0.05, 0) is 6.42 Å². The molecule has 0 saturated heterocycles. The zero-order valence-electron chi connectivity index (χ0n) is 6.56. The van der Waals surface area contributed by atoms with E-state index in [1.807, 2.05) is 14.0 Å². The summed E-state index contributed by atoms with van der Waals surface area (Å²) in [4.78, 5) is 7.90. The number of rotatable bonds is 2. The molecule has 1 aromatic heterocycles. The number of anilines is 1. The normalized spacial score (nSPS) is 9.73. The summed E-state index contributed by atoms with van der Waals surface area (Å²) in [7, 11) is 1.82. The number of nitrogens with zero attached hydrogens (tertiary/aromatic N) is 2. The summed E-state index contributed by atoms with van der Waals surface area (Å²) >= 11 is 5.82. The molecule has 0 aliphatic rings. The first-order chi connectivity index (χ1) is 5.29. The van der Waals surface area contributed by atoms with Gasteiger partial charge >= 0.3 is 0 Å². The van der Waals surface area contributed by atoms with Crippen molar-refractivity contribution in [2.75, 3.05) is 12.4 Å². The SMILES string of the molecule is CCc1c(Cl)ncnc1NC. The van der Waals surface area contributed by atoms with E-state index in [1.54, 1.807) is 0 Å². The van der Waals surface area contributed by atoms with Gasteiger partial charge in [0.1, 0.15) is 17.3 Å². The highest BCUT2D eigenvalue weighted by Gasteiger charge is 2.04. The molecule has 3 nitrogen and oxygen atoms in total. The topological polar surface area (TPSA) is 37.8 Å². The Kier molecular flexibility index (Phi) is 2.65. The third-order valence-electron chi connectivity index (χ3n) is 1.48. The molecule has 0 bridgehead atoms. The van der Waals surface area contributed by atoms with Gasteiger partial charge in [-0.25, -0.2) is 9.97 Å². The maximum Gasteiger partial charge on any atom is 0.137 e. The van der Waals surface area contributed by atoms with Gasteiger partial charge in [-0.3, -0.25) is 0 Å².